The van der Waals surface area contributed by atoms with Crippen LogP contribution in [0.4, 0.5) is 5.69 Å². The second-order valence-corrected chi connectivity index (χ2v) is 7.06. The Morgan fingerprint density at radius 2 is 1.74 bits per heavy atom. The number of rotatable bonds is 5. The van der Waals surface area contributed by atoms with Crippen LogP contribution in [0.5, 0.6) is 5.75 Å². The van der Waals surface area contributed by atoms with E-state index in [2.05, 4.69) is 21.2 Å². The zero-order valence-electron chi connectivity index (χ0n) is 15.3. The summed E-state index contributed by atoms with van der Waals surface area (Å²) in [4.78, 5) is 25.4. The van der Waals surface area contributed by atoms with Crippen LogP contribution in [0.15, 0.2) is 63.9 Å². The Labute approximate surface area is 165 Å². The van der Waals surface area contributed by atoms with E-state index >= 15 is 0 Å². The molecule has 3 rings (SSSR count). The van der Waals surface area contributed by atoms with E-state index in [-0.39, 0.29) is 17.2 Å². The molecule has 0 fully saturated rings. The summed E-state index contributed by atoms with van der Waals surface area (Å²) in [6.45, 7) is 3.43. The number of anilines is 1. The molecule has 27 heavy (non-hydrogen) atoms. The SMILES string of the molecule is Cc1c(NC(=O)[C@@H](C)Oc2ccc(Br)cc2)c(=O)n(-c2ccccc2)n1C. The number of hydrogen-bond donors (Lipinski definition) is 1. The molecule has 3 aromatic rings. The number of halogens is 1. The van der Waals surface area contributed by atoms with Gasteiger partial charge < -0.3 is 10.1 Å². The Bertz CT molecular complexity index is 1010. The fourth-order valence-corrected chi connectivity index (χ4v) is 2.97. The van der Waals surface area contributed by atoms with Crippen LogP contribution in [-0.4, -0.2) is 21.4 Å². The third kappa shape index (κ3) is 3.98. The van der Waals surface area contributed by atoms with Crippen molar-refractivity contribution in [3.63, 3.8) is 0 Å². The lowest BCUT2D eigenvalue weighted by Gasteiger charge is -2.14. The lowest BCUT2D eigenvalue weighted by atomic mass is 10.3. The van der Waals surface area contributed by atoms with Gasteiger partial charge >= 0.3 is 0 Å². The van der Waals surface area contributed by atoms with Gasteiger partial charge in [0, 0.05) is 11.5 Å². The van der Waals surface area contributed by atoms with Gasteiger partial charge in [0.1, 0.15) is 11.4 Å². The maximum absolute atomic E-state index is 12.8. The van der Waals surface area contributed by atoms with E-state index in [1.807, 2.05) is 42.5 Å². The van der Waals surface area contributed by atoms with Crippen LogP contribution >= 0.6 is 15.9 Å². The number of aromatic nitrogens is 2. The van der Waals surface area contributed by atoms with Crippen molar-refractivity contribution in [2.75, 3.05) is 5.32 Å². The molecule has 1 N–H and O–H groups in total. The van der Waals surface area contributed by atoms with Crippen LogP contribution in [0.25, 0.3) is 5.69 Å². The molecule has 0 saturated heterocycles. The van der Waals surface area contributed by atoms with E-state index in [1.165, 1.54) is 4.68 Å². The van der Waals surface area contributed by atoms with Crippen molar-refractivity contribution in [2.45, 2.75) is 20.0 Å². The van der Waals surface area contributed by atoms with Crippen LogP contribution in [0.3, 0.4) is 0 Å². The van der Waals surface area contributed by atoms with Crippen LogP contribution in [0.1, 0.15) is 12.6 Å². The van der Waals surface area contributed by atoms with Crippen molar-refractivity contribution in [3.05, 3.63) is 75.1 Å². The summed E-state index contributed by atoms with van der Waals surface area (Å²) < 4.78 is 9.82. The van der Waals surface area contributed by atoms with E-state index in [0.717, 1.165) is 10.2 Å². The van der Waals surface area contributed by atoms with Crippen LogP contribution in [0, 0.1) is 6.92 Å². The highest BCUT2D eigenvalue weighted by molar-refractivity contribution is 9.10. The monoisotopic (exact) mass is 429 g/mol. The maximum Gasteiger partial charge on any atom is 0.295 e. The number of benzene rings is 2. The minimum atomic E-state index is -0.754. The average Bonchev–Trinajstić information content (AvgIpc) is 2.87. The molecule has 7 heteroatoms. The van der Waals surface area contributed by atoms with Crippen molar-refractivity contribution in [1.82, 2.24) is 9.36 Å². The van der Waals surface area contributed by atoms with Gasteiger partial charge in [0.05, 0.1) is 11.4 Å². The van der Waals surface area contributed by atoms with Crippen LogP contribution in [-0.2, 0) is 11.8 Å². The van der Waals surface area contributed by atoms with Gasteiger partial charge in [-0.3, -0.25) is 14.3 Å². The maximum atomic E-state index is 12.8. The van der Waals surface area contributed by atoms with Gasteiger partial charge in [0.2, 0.25) is 0 Å². The summed E-state index contributed by atoms with van der Waals surface area (Å²) in [5.74, 6) is 0.191. The molecule has 0 aliphatic heterocycles. The average molecular weight is 430 g/mol. The van der Waals surface area contributed by atoms with Gasteiger partial charge in [-0.1, -0.05) is 34.1 Å². The molecule has 1 aromatic heterocycles. The molecule has 2 aromatic carbocycles. The molecule has 6 nitrogen and oxygen atoms in total. The number of amides is 1. The minimum Gasteiger partial charge on any atom is -0.481 e. The number of carbonyl (C=O) groups is 1. The Balaban J connectivity index is 1.82. The molecule has 0 unspecified atom stereocenters. The fraction of sp³-hybridized carbons (Fsp3) is 0.200. The first-order valence-corrected chi connectivity index (χ1v) is 9.25. The first-order chi connectivity index (χ1) is 12.9. The molecule has 0 aliphatic rings. The molecule has 1 atom stereocenters. The summed E-state index contributed by atoms with van der Waals surface area (Å²) in [5.41, 5.74) is 1.35. The van der Waals surface area contributed by atoms with Gasteiger partial charge in [-0.15, -0.1) is 0 Å². The predicted octanol–water partition coefficient (Wildman–Crippen LogP) is 3.65. The topological polar surface area (TPSA) is 65.3 Å². The Kier molecular flexibility index (Phi) is 5.51. The van der Waals surface area contributed by atoms with Gasteiger partial charge in [-0.25, -0.2) is 4.68 Å². The Morgan fingerprint density at radius 3 is 2.37 bits per heavy atom. The second-order valence-electron chi connectivity index (χ2n) is 6.14. The van der Waals surface area contributed by atoms with Crippen molar-refractivity contribution >= 4 is 27.5 Å². The van der Waals surface area contributed by atoms with E-state index in [9.17, 15) is 9.59 Å². The lowest BCUT2D eigenvalue weighted by Crippen LogP contribution is -2.32. The highest BCUT2D eigenvalue weighted by atomic mass is 79.9. The standard InChI is InChI=1S/C20H20BrN3O3/c1-13-18(20(26)24(23(13)3)16-7-5-4-6-8-16)22-19(25)14(2)27-17-11-9-15(21)10-12-17/h4-12,14H,1-3H3,(H,22,25)/t14-/m1/s1. The third-order valence-corrected chi connectivity index (χ3v) is 4.83. The van der Waals surface area contributed by atoms with E-state index in [1.54, 1.807) is 37.7 Å². The summed E-state index contributed by atoms with van der Waals surface area (Å²) in [6, 6.07) is 16.5. The van der Waals surface area contributed by atoms with E-state index in [4.69, 9.17) is 4.74 Å². The van der Waals surface area contributed by atoms with Crippen molar-refractivity contribution in [3.8, 4) is 11.4 Å². The van der Waals surface area contributed by atoms with Gasteiger partial charge in [0.25, 0.3) is 11.5 Å². The van der Waals surface area contributed by atoms with Crippen LogP contribution < -0.4 is 15.6 Å². The van der Waals surface area contributed by atoms with Gasteiger partial charge in [0.15, 0.2) is 6.10 Å². The molecule has 1 amide bonds. The predicted molar refractivity (Wildman–Crippen MR) is 109 cm³/mol. The summed E-state index contributed by atoms with van der Waals surface area (Å²) >= 11 is 3.35. The zero-order chi connectivity index (χ0) is 19.6. The molecule has 0 saturated carbocycles. The highest BCUT2D eigenvalue weighted by Gasteiger charge is 2.21. The number of hydrogen-bond acceptors (Lipinski definition) is 3. The summed E-state index contributed by atoms with van der Waals surface area (Å²) in [6.07, 6.45) is -0.754. The Morgan fingerprint density at radius 1 is 1.11 bits per heavy atom. The number of ether oxygens (including phenoxy) is 1. The smallest absolute Gasteiger partial charge is 0.295 e. The summed E-state index contributed by atoms with van der Waals surface area (Å²) in [5, 5.41) is 2.71. The van der Waals surface area contributed by atoms with E-state index < -0.39 is 6.10 Å². The van der Waals surface area contributed by atoms with Gasteiger partial charge in [-0.2, -0.15) is 0 Å². The van der Waals surface area contributed by atoms with Gasteiger partial charge in [-0.05, 0) is 50.2 Å². The highest BCUT2D eigenvalue weighted by Crippen LogP contribution is 2.18. The summed E-state index contributed by atoms with van der Waals surface area (Å²) in [7, 11) is 1.78. The minimum absolute atomic E-state index is 0.248. The molecule has 0 spiro atoms. The molecular weight excluding hydrogens is 410 g/mol. The fourth-order valence-electron chi connectivity index (χ4n) is 2.71. The second kappa shape index (κ2) is 7.84. The Hall–Kier alpha value is -2.80. The van der Waals surface area contributed by atoms with Crippen molar-refractivity contribution < 1.29 is 9.53 Å². The molecular formula is C20H20BrN3O3. The largest absolute Gasteiger partial charge is 0.481 e. The number of nitrogens with one attached hydrogen (secondary N) is 1. The quantitative estimate of drug-likeness (QED) is 0.672. The number of carbonyl (C=O) groups excluding carboxylic acids is 1. The molecule has 1 heterocycles. The first kappa shape index (κ1) is 19.0. The van der Waals surface area contributed by atoms with Crippen molar-refractivity contribution in [1.29, 1.82) is 0 Å². The number of nitrogens with zero attached hydrogens (tertiary/aromatic N) is 2. The molecule has 0 radical (unpaired) electrons. The number of para-hydroxylation sites is 1. The third-order valence-electron chi connectivity index (χ3n) is 4.30. The molecule has 0 bridgehead atoms. The van der Waals surface area contributed by atoms with E-state index in [0.29, 0.717) is 11.4 Å². The normalized spacial score (nSPS) is 11.9. The molecule has 140 valence electrons. The first-order valence-electron chi connectivity index (χ1n) is 8.45. The lowest BCUT2D eigenvalue weighted by molar-refractivity contribution is -0.122. The molecule has 0 aliphatic carbocycles. The van der Waals surface area contributed by atoms with Crippen LogP contribution in [0.2, 0.25) is 0 Å². The van der Waals surface area contributed by atoms with Crippen molar-refractivity contribution in [2.24, 2.45) is 7.05 Å². The zero-order valence-corrected chi connectivity index (χ0v) is 16.9.